The molecule has 1 heterocycles. The molecule has 20 heavy (non-hydrogen) atoms. The summed E-state index contributed by atoms with van der Waals surface area (Å²) in [5.41, 5.74) is 0. The quantitative estimate of drug-likeness (QED) is 0.662. The summed E-state index contributed by atoms with van der Waals surface area (Å²) in [4.78, 5) is 14.0. The molecule has 2 unspecified atom stereocenters. The maximum atomic E-state index is 12.2. The van der Waals surface area contributed by atoms with Crippen LogP contribution in [0.5, 0.6) is 0 Å². The molecule has 0 N–H and O–H groups in total. The van der Waals surface area contributed by atoms with Gasteiger partial charge in [-0.1, -0.05) is 20.3 Å². The third kappa shape index (κ3) is 4.36. The lowest BCUT2D eigenvalue weighted by Gasteiger charge is -2.39. The van der Waals surface area contributed by atoms with Crippen LogP contribution >= 0.6 is 11.8 Å². The van der Waals surface area contributed by atoms with Crippen molar-refractivity contribution in [1.29, 1.82) is 0 Å². The molecule has 1 aliphatic rings. The van der Waals surface area contributed by atoms with E-state index in [1.54, 1.807) is 25.6 Å². The Bertz CT molecular complexity index is 411. The Kier molecular flexibility index (Phi) is 7.33. The second-order valence-corrected chi connectivity index (χ2v) is 8.37. The largest absolute Gasteiger partial charge is 0.465 e. The summed E-state index contributed by atoms with van der Waals surface area (Å²) in [5, 5.41) is -0.563. The second-order valence-electron chi connectivity index (χ2n) is 4.78. The molecule has 1 aliphatic heterocycles. The Morgan fingerprint density at radius 3 is 2.65 bits per heavy atom. The van der Waals surface area contributed by atoms with Gasteiger partial charge in [-0.3, -0.25) is 9.69 Å². The number of carbonyl (C=O) groups excluding carboxylic acids is 1. The molecule has 0 radical (unpaired) electrons. The van der Waals surface area contributed by atoms with E-state index in [1.165, 1.54) is 0 Å². The van der Waals surface area contributed by atoms with Gasteiger partial charge in [0, 0.05) is 23.8 Å². The van der Waals surface area contributed by atoms with Gasteiger partial charge in [0.1, 0.15) is 11.4 Å². The number of thioether (sulfide) groups is 1. The third-order valence-electron chi connectivity index (χ3n) is 3.46. The Morgan fingerprint density at radius 2 is 2.10 bits per heavy atom. The minimum absolute atomic E-state index is 0.108. The Balaban J connectivity index is 2.98. The predicted molar refractivity (Wildman–Crippen MR) is 82.6 cm³/mol. The Hall–Kier alpha value is -0.270. The van der Waals surface area contributed by atoms with Gasteiger partial charge in [0.25, 0.3) is 0 Å². The number of hydrogen-bond acceptors (Lipinski definition) is 6. The van der Waals surface area contributed by atoms with Crippen molar-refractivity contribution < 1.29 is 17.9 Å². The fourth-order valence-electron chi connectivity index (χ4n) is 2.38. The van der Waals surface area contributed by atoms with E-state index in [-0.39, 0.29) is 11.7 Å². The average molecular weight is 323 g/mol. The zero-order valence-corrected chi connectivity index (χ0v) is 14.1. The molecule has 0 saturated carbocycles. The van der Waals surface area contributed by atoms with E-state index in [0.717, 1.165) is 12.2 Å². The van der Waals surface area contributed by atoms with Gasteiger partial charge in [0.15, 0.2) is 9.84 Å². The first-order valence-electron chi connectivity index (χ1n) is 7.19. The number of esters is 1. The summed E-state index contributed by atoms with van der Waals surface area (Å²) in [6.07, 6.45) is 1.46. The van der Waals surface area contributed by atoms with Crippen LogP contribution < -0.4 is 0 Å². The Morgan fingerprint density at radius 1 is 1.40 bits per heavy atom. The van der Waals surface area contributed by atoms with Crippen molar-refractivity contribution in [2.24, 2.45) is 0 Å². The van der Waals surface area contributed by atoms with Gasteiger partial charge >= 0.3 is 5.97 Å². The van der Waals surface area contributed by atoms with Crippen LogP contribution in [0, 0.1) is 0 Å². The minimum atomic E-state index is -3.18. The van der Waals surface area contributed by atoms with Crippen molar-refractivity contribution in [3.8, 4) is 0 Å². The summed E-state index contributed by atoms with van der Waals surface area (Å²) in [6.45, 7) is 6.37. The third-order valence-corrected chi connectivity index (χ3v) is 6.77. The molecule has 7 heteroatoms. The molecule has 0 amide bonds. The van der Waals surface area contributed by atoms with E-state index < -0.39 is 21.3 Å². The minimum Gasteiger partial charge on any atom is -0.465 e. The summed E-state index contributed by atoms with van der Waals surface area (Å²) >= 11 is 1.64. The van der Waals surface area contributed by atoms with Crippen LogP contribution in [-0.2, 0) is 19.4 Å². The van der Waals surface area contributed by atoms with Crippen LogP contribution in [0.3, 0.4) is 0 Å². The van der Waals surface area contributed by atoms with E-state index >= 15 is 0 Å². The first-order chi connectivity index (χ1) is 9.47. The van der Waals surface area contributed by atoms with Crippen LogP contribution in [-0.4, -0.2) is 61.1 Å². The van der Waals surface area contributed by atoms with Crippen molar-refractivity contribution >= 4 is 27.6 Å². The molecular weight excluding hydrogens is 298 g/mol. The summed E-state index contributed by atoms with van der Waals surface area (Å²) in [5.74, 6) is 1.21. The van der Waals surface area contributed by atoms with Crippen molar-refractivity contribution in [3.63, 3.8) is 0 Å². The highest BCUT2D eigenvalue weighted by Crippen LogP contribution is 2.25. The van der Waals surface area contributed by atoms with Gasteiger partial charge in [-0.2, -0.15) is 11.8 Å². The SMILES string of the molecule is CCCC(C(=O)OCC)N1CCSCC1S(=O)(=O)CC. The van der Waals surface area contributed by atoms with Crippen LogP contribution in [0.15, 0.2) is 0 Å². The molecule has 0 spiro atoms. The van der Waals surface area contributed by atoms with Gasteiger partial charge in [-0.15, -0.1) is 0 Å². The van der Waals surface area contributed by atoms with Crippen molar-refractivity contribution in [3.05, 3.63) is 0 Å². The van der Waals surface area contributed by atoms with E-state index in [0.29, 0.717) is 25.3 Å². The number of sulfone groups is 1. The highest BCUT2D eigenvalue weighted by Gasteiger charge is 2.39. The lowest BCUT2D eigenvalue weighted by atomic mass is 10.1. The molecule has 0 aromatic carbocycles. The molecule has 0 aromatic rings. The van der Waals surface area contributed by atoms with E-state index in [2.05, 4.69) is 0 Å². The summed E-state index contributed by atoms with van der Waals surface area (Å²) < 4.78 is 29.6. The maximum absolute atomic E-state index is 12.2. The lowest BCUT2D eigenvalue weighted by molar-refractivity contribution is -0.150. The number of carbonyl (C=O) groups is 1. The van der Waals surface area contributed by atoms with Crippen LogP contribution in [0.1, 0.15) is 33.6 Å². The molecule has 1 saturated heterocycles. The van der Waals surface area contributed by atoms with Crippen molar-refractivity contribution in [2.75, 3.05) is 30.4 Å². The molecule has 0 aromatic heterocycles. The maximum Gasteiger partial charge on any atom is 0.323 e. The lowest BCUT2D eigenvalue weighted by Crippen LogP contribution is -2.55. The monoisotopic (exact) mass is 323 g/mol. The van der Waals surface area contributed by atoms with E-state index in [9.17, 15) is 13.2 Å². The normalized spacial score (nSPS) is 22.4. The zero-order valence-electron chi connectivity index (χ0n) is 12.5. The predicted octanol–water partition coefficient (Wildman–Crippen LogP) is 1.53. The molecule has 118 valence electrons. The van der Waals surface area contributed by atoms with Crippen LogP contribution in [0.2, 0.25) is 0 Å². The van der Waals surface area contributed by atoms with Gasteiger partial charge in [-0.25, -0.2) is 8.42 Å². The highest BCUT2D eigenvalue weighted by molar-refractivity contribution is 8.01. The average Bonchev–Trinajstić information content (AvgIpc) is 2.45. The summed E-state index contributed by atoms with van der Waals surface area (Å²) in [6, 6.07) is -0.438. The highest BCUT2D eigenvalue weighted by atomic mass is 32.2. The van der Waals surface area contributed by atoms with Crippen molar-refractivity contribution in [2.45, 2.75) is 45.0 Å². The van der Waals surface area contributed by atoms with Crippen molar-refractivity contribution in [1.82, 2.24) is 4.90 Å². The smallest absolute Gasteiger partial charge is 0.323 e. The molecule has 1 rings (SSSR count). The van der Waals surface area contributed by atoms with E-state index in [4.69, 9.17) is 4.74 Å². The second kappa shape index (κ2) is 8.24. The van der Waals surface area contributed by atoms with Crippen LogP contribution in [0.25, 0.3) is 0 Å². The topological polar surface area (TPSA) is 63.7 Å². The molecule has 2 atom stereocenters. The number of nitrogens with zero attached hydrogens (tertiary/aromatic N) is 1. The first-order valence-corrected chi connectivity index (χ1v) is 10.1. The van der Waals surface area contributed by atoms with Gasteiger partial charge in [0.2, 0.25) is 0 Å². The first kappa shape index (κ1) is 17.8. The molecular formula is C13H25NO4S2. The van der Waals surface area contributed by atoms with E-state index in [1.807, 2.05) is 11.8 Å². The fraction of sp³-hybridized carbons (Fsp3) is 0.923. The molecule has 1 fully saturated rings. The number of rotatable bonds is 7. The van der Waals surface area contributed by atoms with Crippen LogP contribution in [0.4, 0.5) is 0 Å². The number of ether oxygens (including phenoxy) is 1. The molecule has 0 aliphatic carbocycles. The number of hydrogen-bond donors (Lipinski definition) is 0. The summed E-state index contributed by atoms with van der Waals surface area (Å²) in [7, 11) is -3.18. The van der Waals surface area contributed by atoms with Gasteiger partial charge in [0.05, 0.1) is 6.61 Å². The standard InChI is InChI=1S/C13H25NO4S2/c1-4-7-11(13(15)18-5-2)14-8-9-19-10-12(14)20(16,17)6-3/h11-12H,4-10H2,1-3H3. The molecule has 0 bridgehead atoms. The van der Waals surface area contributed by atoms with Gasteiger partial charge in [-0.05, 0) is 13.3 Å². The fourth-order valence-corrected chi connectivity index (χ4v) is 5.45. The Labute approximate surface area is 126 Å². The van der Waals surface area contributed by atoms with Gasteiger partial charge < -0.3 is 4.74 Å². The molecule has 5 nitrogen and oxygen atoms in total. The zero-order chi connectivity index (χ0) is 15.2.